The molecule has 0 atom stereocenters. The molecule has 0 saturated carbocycles. The molecule has 1 N–H and O–H groups in total. The Labute approximate surface area is 120 Å². The van der Waals surface area contributed by atoms with Gasteiger partial charge in [-0.05, 0) is 25.3 Å². The second-order valence-electron chi connectivity index (χ2n) is 3.80. The standard InChI is InChI=1S/C12H16N4OS2/c1-3-16(4-2)10(17)8-19-12-13-11(14-15-12)9-6-5-7-18-9/h5-7H,3-4,8H2,1-2H3,(H,13,14,15). The van der Waals surface area contributed by atoms with Gasteiger partial charge < -0.3 is 4.90 Å². The number of nitrogens with one attached hydrogen (secondary N) is 1. The molecule has 2 heterocycles. The van der Waals surface area contributed by atoms with Crippen molar-refractivity contribution < 1.29 is 4.79 Å². The first-order valence-corrected chi connectivity index (χ1v) is 7.98. The van der Waals surface area contributed by atoms with E-state index in [1.807, 2.05) is 31.4 Å². The summed E-state index contributed by atoms with van der Waals surface area (Å²) in [6, 6.07) is 3.96. The molecule has 7 heteroatoms. The van der Waals surface area contributed by atoms with Crippen molar-refractivity contribution in [3.05, 3.63) is 17.5 Å². The maximum atomic E-state index is 11.9. The predicted octanol–water partition coefficient (Wildman–Crippen LogP) is 2.49. The lowest BCUT2D eigenvalue weighted by Gasteiger charge is -2.17. The highest BCUT2D eigenvalue weighted by molar-refractivity contribution is 7.99. The molecule has 5 nitrogen and oxygen atoms in total. The summed E-state index contributed by atoms with van der Waals surface area (Å²) in [4.78, 5) is 19.1. The molecule has 19 heavy (non-hydrogen) atoms. The molecule has 0 aliphatic heterocycles. The van der Waals surface area contributed by atoms with Gasteiger partial charge in [0.25, 0.3) is 0 Å². The summed E-state index contributed by atoms with van der Waals surface area (Å²) in [5.41, 5.74) is 0. The first kappa shape index (κ1) is 14.1. The Balaban J connectivity index is 1.92. The monoisotopic (exact) mass is 296 g/mol. The van der Waals surface area contributed by atoms with Gasteiger partial charge in [-0.15, -0.1) is 16.4 Å². The van der Waals surface area contributed by atoms with E-state index in [0.717, 1.165) is 23.8 Å². The Bertz CT molecular complexity index is 520. The Morgan fingerprint density at radius 1 is 1.47 bits per heavy atom. The molecule has 0 aliphatic rings. The van der Waals surface area contributed by atoms with Crippen molar-refractivity contribution in [2.45, 2.75) is 19.0 Å². The van der Waals surface area contributed by atoms with Crippen LogP contribution in [0.2, 0.25) is 0 Å². The van der Waals surface area contributed by atoms with Crippen molar-refractivity contribution in [3.63, 3.8) is 0 Å². The number of rotatable bonds is 6. The third-order valence-electron chi connectivity index (χ3n) is 2.66. The van der Waals surface area contributed by atoms with E-state index in [1.54, 1.807) is 16.2 Å². The molecule has 0 bridgehead atoms. The molecule has 102 valence electrons. The van der Waals surface area contributed by atoms with Crippen LogP contribution in [0.4, 0.5) is 0 Å². The minimum Gasteiger partial charge on any atom is -0.343 e. The van der Waals surface area contributed by atoms with Gasteiger partial charge in [0.15, 0.2) is 5.82 Å². The number of aromatic nitrogens is 3. The van der Waals surface area contributed by atoms with Crippen molar-refractivity contribution in [2.24, 2.45) is 0 Å². The van der Waals surface area contributed by atoms with Crippen LogP contribution in [0, 0.1) is 0 Å². The smallest absolute Gasteiger partial charge is 0.233 e. The lowest BCUT2D eigenvalue weighted by Crippen LogP contribution is -2.31. The number of amides is 1. The fourth-order valence-corrected chi connectivity index (χ4v) is 2.99. The molecule has 2 rings (SSSR count). The summed E-state index contributed by atoms with van der Waals surface area (Å²) >= 11 is 2.97. The second-order valence-corrected chi connectivity index (χ2v) is 5.69. The van der Waals surface area contributed by atoms with Crippen LogP contribution in [0.15, 0.2) is 22.7 Å². The zero-order chi connectivity index (χ0) is 13.7. The number of thioether (sulfide) groups is 1. The number of hydrogen-bond donors (Lipinski definition) is 1. The maximum Gasteiger partial charge on any atom is 0.233 e. The lowest BCUT2D eigenvalue weighted by molar-refractivity contribution is -0.127. The second kappa shape index (κ2) is 6.72. The van der Waals surface area contributed by atoms with E-state index in [9.17, 15) is 4.79 Å². The summed E-state index contributed by atoms with van der Waals surface area (Å²) in [5, 5.41) is 9.62. The van der Waals surface area contributed by atoms with Crippen LogP contribution in [0.25, 0.3) is 10.7 Å². The molecule has 0 radical (unpaired) electrons. The molecule has 0 fully saturated rings. The van der Waals surface area contributed by atoms with Crippen LogP contribution in [-0.2, 0) is 4.79 Å². The van der Waals surface area contributed by atoms with Gasteiger partial charge >= 0.3 is 0 Å². The first-order chi connectivity index (χ1) is 9.24. The molecule has 1 amide bonds. The molecular formula is C12H16N4OS2. The molecule has 2 aromatic rings. The van der Waals surface area contributed by atoms with Crippen LogP contribution in [0.1, 0.15) is 13.8 Å². The Hall–Kier alpha value is -1.34. The number of hydrogen-bond acceptors (Lipinski definition) is 5. The molecular weight excluding hydrogens is 280 g/mol. The van der Waals surface area contributed by atoms with Gasteiger partial charge in [0.2, 0.25) is 11.1 Å². The van der Waals surface area contributed by atoms with Crippen LogP contribution in [0.5, 0.6) is 0 Å². The molecule has 0 aliphatic carbocycles. The number of thiophene rings is 1. The molecule has 2 aromatic heterocycles. The quantitative estimate of drug-likeness (QED) is 0.832. The van der Waals surface area contributed by atoms with E-state index in [-0.39, 0.29) is 5.91 Å². The van der Waals surface area contributed by atoms with Gasteiger partial charge in [0, 0.05) is 13.1 Å². The first-order valence-electron chi connectivity index (χ1n) is 6.11. The maximum absolute atomic E-state index is 11.9. The predicted molar refractivity (Wildman–Crippen MR) is 78.3 cm³/mol. The van der Waals surface area contributed by atoms with Crippen LogP contribution < -0.4 is 0 Å². The Morgan fingerprint density at radius 3 is 2.89 bits per heavy atom. The number of carbonyl (C=O) groups is 1. The highest BCUT2D eigenvalue weighted by atomic mass is 32.2. The topological polar surface area (TPSA) is 61.9 Å². The van der Waals surface area contributed by atoms with Crippen molar-refractivity contribution in [3.8, 4) is 10.7 Å². The van der Waals surface area contributed by atoms with Crippen molar-refractivity contribution in [1.29, 1.82) is 0 Å². The zero-order valence-corrected chi connectivity index (χ0v) is 12.6. The summed E-state index contributed by atoms with van der Waals surface area (Å²) in [6.45, 7) is 5.44. The number of H-pyrrole nitrogens is 1. The van der Waals surface area contributed by atoms with E-state index in [0.29, 0.717) is 10.9 Å². The summed E-state index contributed by atoms with van der Waals surface area (Å²) in [5.74, 6) is 1.26. The number of aromatic amines is 1. The van der Waals surface area contributed by atoms with Gasteiger partial charge in [-0.25, -0.2) is 4.98 Å². The summed E-state index contributed by atoms with van der Waals surface area (Å²) < 4.78 is 0. The van der Waals surface area contributed by atoms with Crippen LogP contribution in [0.3, 0.4) is 0 Å². The van der Waals surface area contributed by atoms with Gasteiger partial charge in [-0.3, -0.25) is 9.89 Å². The van der Waals surface area contributed by atoms with Gasteiger partial charge in [-0.1, -0.05) is 17.8 Å². The third-order valence-corrected chi connectivity index (χ3v) is 4.37. The van der Waals surface area contributed by atoms with Crippen molar-refractivity contribution in [2.75, 3.05) is 18.8 Å². The molecule has 0 spiro atoms. The van der Waals surface area contributed by atoms with E-state index < -0.39 is 0 Å². The highest BCUT2D eigenvalue weighted by Gasteiger charge is 2.12. The molecule has 0 aromatic carbocycles. The normalized spacial score (nSPS) is 10.6. The fraction of sp³-hybridized carbons (Fsp3) is 0.417. The lowest BCUT2D eigenvalue weighted by atomic mass is 10.4. The third kappa shape index (κ3) is 3.57. The van der Waals surface area contributed by atoms with Gasteiger partial charge in [0.1, 0.15) is 0 Å². The molecule has 0 saturated heterocycles. The van der Waals surface area contributed by atoms with E-state index in [4.69, 9.17) is 0 Å². The summed E-state index contributed by atoms with van der Waals surface area (Å²) in [6.07, 6.45) is 0. The largest absolute Gasteiger partial charge is 0.343 e. The van der Waals surface area contributed by atoms with Gasteiger partial charge in [-0.2, -0.15) is 0 Å². The zero-order valence-electron chi connectivity index (χ0n) is 10.9. The molecule has 0 unspecified atom stereocenters. The number of carbonyl (C=O) groups excluding carboxylic acids is 1. The minimum absolute atomic E-state index is 0.123. The Kier molecular flexibility index (Phi) is 4.98. The van der Waals surface area contributed by atoms with Crippen molar-refractivity contribution >= 4 is 29.0 Å². The number of nitrogens with zero attached hydrogens (tertiary/aromatic N) is 3. The fourth-order valence-electron chi connectivity index (χ4n) is 1.63. The van der Waals surface area contributed by atoms with E-state index in [2.05, 4.69) is 15.2 Å². The SMILES string of the molecule is CCN(CC)C(=O)CSc1n[nH]c(-c2cccs2)n1. The van der Waals surface area contributed by atoms with Crippen molar-refractivity contribution in [1.82, 2.24) is 20.1 Å². The van der Waals surface area contributed by atoms with Gasteiger partial charge in [0.05, 0.1) is 10.6 Å². The average Bonchev–Trinajstić information content (AvgIpc) is 3.08. The summed E-state index contributed by atoms with van der Waals surface area (Å²) in [7, 11) is 0. The average molecular weight is 296 g/mol. The Morgan fingerprint density at radius 2 is 2.26 bits per heavy atom. The van der Waals surface area contributed by atoms with Crippen LogP contribution >= 0.6 is 23.1 Å². The minimum atomic E-state index is 0.123. The van der Waals surface area contributed by atoms with E-state index in [1.165, 1.54) is 11.8 Å². The van der Waals surface area contributed by atoms with Crippen LogP contribution in [-0.4, -0.2) is 44.8 Å². The van der Waals surface area contributed by atoms with E-state index >= 15 is 0 Å². The highest BCUT2D eigenvalue weighted by Crippen LogP contribution is 2.23.